The lowest BCUT2D eigenvalue weighted by Gasteiger charge is -2.22. The van der Waals surface area contributed by atoms with Crippen LogP contribution in [0.5, 0.6) is 0 Å². The molecule has 2 nitrogen and oxygen atoms in total. The van der Waals surface area contributed by atoms with Gasteiger partial charge in [0, 0.05) is 6.04 Å². The maximum atomic E-state index is 8.48. The van der Waals surface area contributed by atoms with E-state index in [1.807, 2.05) is 6.08 Å². The van der Waals surface area contributed by atoms with Crippen molar-refractivity contribution >= 4 is 0 Å². The Labute approximate surface area is 69.1 Å². The van der Waals surface area contributed by atoms with E-state index >= 15 is 0 Å². The molecule has 0 saturated heterocycles. The Morgan fingerprint density at radius 1 is 1.73 bits per heavy atom. The minimum Gasteiger partial charge on any atom is -0.284 e. The summed E-state index contributed by atoms with van der Waals surface area (Å²) in [6, 6.07) is 2.46. The fourth-order valence-electron chi connectivity index (χ4n) is 0.954. The molecule has 0 rings (SSSR count). The number of nitrogens with zero attached hydrogens (tertiary/aromatic N) is 2. The van der Waals surface area contributed by atoms with Crippen molar-refractivity contribution in [2.45, 2.75) is 26.3 Å². The first-order chi connectivity index (χ1) is 5.26. The lowest BCUT2D eigenvalue weighted by atomic mass is 10.2. The summed E-state index contributed by atoms with van der Waals surface area (Å²) >= 11 is 0. The molecule has 2 heteroatoms. The van der Waals surface area contributed by atoms with Crippen LogP contribution < -0.4 is 0 Å². The lowest BCUT2D eigenvalue weighted by Crippen LogP contribution is -2.32. The van der Waals surface area contributed by atoms with Gasteiger partial charge in [0.25, 0.3) is 0 Å². The molecular weight excluding hydrogens is 136 g/mol. The van der Waals surface area contributed by atoms with Gasteiger partial charge in [0.05, 0.1) is 12.6 Å². The Morgan fingerprint density at radius 3 is 2.73 bits per heavy atom. The molecule has 1 unspecified atom stereocenters. The van der Waals surface area contributed by atoms with E-state index in [0.717, 1.165) is 13.0 Å². The van der Waals surface area contributed by atoms with Gasteiger partial charge >= 0.3 is 0 Å². The van der Waals surface area contributed by atoms with Crippen LogP contribution in [0.4, 0.5) is 0 Å². The third-order valence-electron chi connectivity index (χ3n) is 1.70. The summed E-state index contributed by atoms with van der Waals surface area (Å²) in [5, 5.41) is 8.48. The molecular formula is C9H16N2. The highest BCUT2D eigenvalue weighted by molar-refractivity contribution is 4.88. The summed E-state index contributed by atoms with van der Waals surface area (Å²) in [5.41, 5.74) is 0. The molecule has 0 fully saturated rings. The van der Waals surface area contributed by atoms with Crippen molar-refractivity contribution in [3.63, 3.8) is 0 Å². The highest BCUT2D eigenvalue weighted by Crippen LogP contribution is 1.99. The van der Waals surface area contributed by atoms with Crippen molar-refractivity contribution in [3.8, 4) is 6.07 Å². The zero-order valence-corrected chi connectivity index (χ0v) is 7.38. The lowest BCUT2D eigenvalue weighted by molar-refractivity contribution is 0.271. The van der Waals surface area contributed by atoms with Crippen LogP contribution in [0, 0.1) is 11.3 Å². The standard InChI is InChI=1S/C9H16N2/c1-4-7-11(8-6-10)9(3)5-2/h5,9H,2,4,7-8H2,1,3H3. The monoisotopic (exact) mass is 152 g/mol. The topological polar surface area (TPSA) is 27.0 Å². The molecule has 0 amide bonds. The second kappa shape index (κ2) is 5.94. The van der Waals surface area contributed by atoms with Crippen molar-refractivity contribution in [2.75, 3.05) is 13.1 Å². The average molecular weight is 152 g/mol. The Hall–Kier alpha value is -0.810. The maximum absolute atomic E-state index is 8.48. The van der Waals surface area contributed by atoms with Crippen LogP contribution in [0.3, 0.4) is 0 Å². The molecule has 0 bridgehead atoms. The first-order valence-corrected chi connectivity index (χ1v) is 3.99. The average Bonchev–Trinajstić information content (AvgIpc) is 2.03. The number of hydrogen-bond donors (Lipinski definition) is 0. The highest BCUT2D eigenvalue weighted by Gasteiger charge is 2.07. The zero-order valence-electron chi connectivity index (χ0n) is 7.38. The fraction of sp³-hybridized carbons (Fsp3) is 0.667. The van der Waals surface area contributed by atoms with E-state index < -0.39 is 0 Å². The molecule has 1 atom stereocenters. The first-order valence-electron chi connectivity index (χ1n) is 3.99. The predicted molar refractivity (Wildman–Crippen MR) is 47.1 cm³/mol. The highest BCUT2D eigenvalue weighted by atomic mass is 15.1. The maximum Gasteiger partial charge on any atom is 0.0870 e. The molecule has 0 saturated carbocycles. The molecule has 0 N–H and O–H groups in total. The summed E-state index contributed by atoms with van der Waals surface area (Å²) in [7, 11) is 0. The van der Waals surface area contributed by atoms with Gasteiger partial charge in [-0.25, -0.2) is 0 Å². The van der Waals surface area contributed by atoms with E-state index in [1.165, 1.54) is 0 Å². The van der Waals surface area contributed by atoms with Gasteiger partial charge in [-0.2, -0.15) is 5.26 Å². The van der Waals surface area contributed by atoms with Crippen LogP contribution >= 0.6 is 0 Å². The smallest absolute Gasteiger partial charge is 0.0870 e. The van der Waals surface area contributed by atoms with E-state index in [1.54, 1.807) is 0 Å². The number of rotatable bonds is 5. The Bertz CT molecular complexity index is 146. The van der Waals surface area contributed by atoms with Crippen LogP contribution in [-0.4, -0.2) is 24.0 Å². The SMILES string of the molecule is C=CC(C)N(CC#N)CCC. The van der Waals surface area contributed by atoms with E-state index in [9.17, 15) is 0 Å². The van der Waals surface area contributed by atoms with Crippen LogP contribution in [0.15, 0.2) is 12.7 Å². The quantitative estimate of drug-likeness (QED) is 0.443. The van der Waals surface area contributed by atoms with Crippen LogP contribution in [0.1, 0.15) is 20.3 Å². The van der Waals surface area contributed by atoms with Crippen LogP contribution in [0.2, 0.25) is 0 Å². The third kappa shape index (κ3) is 3.79. The molecule has 0 radical (unpaired) electrons. The fourth-order valence-corrected chi connectivity index (χ4v) is 0.954. The second-order valence-corrected chi connectivity index (χ2v) is 2.60. The molecule has 62 valence electrons. The van der Waals surface area contributed by atoms with Gasteiger partial charge in [-0.3, -0.25) is 4.90 Å². The van der Waals surface area contributed by atoms with Gasteiger partial charge in [0.1, 0.15) is 0 Å². The largest absolute Gasteiger partial charge is 0.284 e. The summed E-state index contributed by atoms with van der Waals surface area (Å²) < 4.78 is 0. The molecule has 0 aromatic heterocycles. The number of hydrogen-bond acceptors (Lipinski definition) is 2. The van der Waals surface area contributed by atoms with Gasteiger partial charge < -0.3 is 0 Å². The summed E-state index contributed by atoms with van der Waals surface area (Å²) in [6.07, 6.45) is 2.95. The Morgan fingerprint density at radius 2 is 2.36 bits per heavy atom. The Balaban J connectivity index is 3.88. The zero-order chi connectivity index (χ0) is 8.69. The van der Waals surface area contributed by atoms with Crippen molar-refractivity contribution in [2.24, 2.45) is 0 Å². The Kier molecular flexibility index (Phi) is 5.50. The van der Waals surface area contributed by atoms with Crippen molar-refractivity contribution in [1.82, 2.24) is 4.90 Å². The minimum atomic E-state index is 0.314. The van der Waals surface area contributed by atoms with E-state index in [0.29, 0.717) is 12.6 Å². The summed E-state index contributed by atoms with van der Waals surface area (Å²) in [4.78, 5) is 2.10. The molecule has 0 aliphatic rings. The molecule has 0 heterocycles. The molecule has 11 heavy (non-hydrogen) atoms. The molecule has 0 aliphatic carbocycles. The van der Waals surface area contributed by atoms with Crippen molar-refractivity contribution in [3.05, 3.63) is 12.7 Å². The van der Waals surface area contributed by atoms with Crippen LogP contribution in [-0.2, 0) is 0 Å². The van der Waals surface area contributed by atoms with Gasteiger partial charge in [0.2, 0.25) is 0 Å². The molecule has 0 aliphatic heterocycles. The molecule has 0 spiro atoms. The van der Waals surface area contributed by atoms with Crippen LogP contribution in [0.25, 0.3) is 0 Å². The third-order valence-corrected chi connectivity index (χ3v) is 1.70. The summed E-state index contributed by atoms with van der Waals surface area (Å²) in [6.45, 7) is 9.34. The first kappa shape index (κ1) is 10.2. The van der Waals surface area contributed by atoms with Crippen molar-refractivity contribution in [1.29, 1.82) is 5.26 Å². The second-order valence-electron chi connectivity index (χ2n) is 2.60. The summed E-state index contributed by atoms with van der Waals surface area (Å²) in [5.74, 6) is 0. The van der Waals surface area contributed by atoms with Gasteiger partial charge in [-0.1, -0.05) is 13.0 Å². The number of nitriles is 1. The van der Waals surface area contributed by atoms with E-state index in [4.69, 9.17) is 5.26 Å². The minimum absolute atomic E-state index is 0.314. The molecule has 0 aromatic rings. The molecule has 0 aromatic carbocycles. The predicted octanol–water partition coefficient (Wildman–Crippen LogP) is 1.80. The van der Waals surface area contributed by atoms with Gasteiger partial charge in [0.15, 0.2) is 0 Å². The van der Waals surface area contributed by atoms with E-state index in [2.05, 4.69) is 31.4 Å². The normalized spacial score (nSPS) is 12.5. The van der Waals surface area contributed by atoms with E-state index in [-0.39, 0.29) is 0 Å². The van der Waals surface area contributed by atoms with Gasteiger partial charge in [-0.15, -0.1) is 6.58 Å². The van der Waals surface area contributed by atoms with Crippen molar-refractivity contribution < 1.29 is 0 Å². The van der Waals surface area contributed by atoms with Gasteiger partial charge in [-0.05, 0) is 19.9 Å².